The number of aromatic carboxylic acids is 1. The van der Waals surface area contributed by atoms with Gasteiger partial charge in [-0.15, -0.1) is 0 Å². The van der Waals surface area contributed by atoms with E-state index >= 15 is 0 Å². The second kappa shape index (κ2) is 6.24. The van der Waals surface area contributed by atoms with Crippen molar-refractivity contribution in [2.45, 2.75) is 6.42 Å². The Morgan fingerprint density at radius 2 is 2.00 bits per heavy atom. The molecule has 0 fully saturated rings. The van der Waals surface area contributed by atoms with E-state index in [0.717, 1.165) is 25.3 Å². The predicted octanol–water partition coefficient (Wildman–Crippen LogP) is 0.395. The van der Waals surface area contributed by atoms with E-state index in [0.29, 0.717) is 0 Å². The SMILES string of the molecule is COC(=O)CCS(=O)(=O)Nc1ccc(O)cc1C(=O)O. The molecule has 110 valence electrons. The van der Waals surface area contributed by atoms with E-state index in [1.165, 1.54) is 0 Å². The van der Waals surface area contributed by atoms with Crippen molar-refractivity contribution in [2.75, 3.05) is 17.6 Å². The number of rotatable bonds is 6. The Labute approximate surface area is 115 Å². The number of carbonyl (C=O) groups excluding carboxylic acids is 1. The molecule has 0 aliphatic carbocycles. The summed E-state index contributed by atoms with van der Waals surface area (Å²) in [6.45, 7) is 0. The van der Waals surface area contributed by atoms with Gasteiger partial charge in [0, 0.05) is 0 Å². The molecule has 1 aromatic rings. The Kier molecular flexibility index (Phi) is 4.92. The van der Waals surface area contributed by atoms with Crippen LogP contribution in [0.5, 0.6) is 5.75 Å². The smallest absolute Gasteiger partial charge is 0.337 e. The van der Waals surface area contributed by atoms with Crippen molar-refractivity contribution < 1.29 is 33.0 Å². The lowest BCUT2D eigenvalue weighted by Crippen LogP contribution is -2.20. The van der Waals surface area contributed by atoms with E-state index in [2.05, 4.69) is 4.74 Å². The van der Waals surface area contributed by atoms with Crippen LogP contribution >= 0.6 is 0 Å². The summed E-state index contributed by atoms with van der Waals surface area (Å²) in [5.74, 6) is -2.94. The molecule has 0 saturated carbocycles. The van der Waals surface area contributed by atoms with Gasteiger partial charge in [-0.25, -0.2) is 13.2 Å². The van der Waals surface area contributed by atoms with Crippen molar-refractivity contribution in [1.82, 2.24) is 0 Å². The van der Waals surface area contributed by atoms with E-state index in [9.17, 15) is 23.1 Å². The minimum absolute atomic E-state index is 0.194. The van der Waals surface area contributed by atoms with Crippen LogP contribution in [0.3, 0.4) is 0 Å². The zero-order valence-corrected chi connectivity index (χ0v) is 11.3. The second-order valence-corrected chi connectivity index (χ2v) is 5.62. The highest BCUT2D eigenvalue weighted by Gasteiger charge is 2.18. The number of carbonyl (C=O) groups is 2. The highest BCUT2D eigenvalue weighted by Crippen LogP contribution is 2.22. The summed E-state index contributed by atoms with van der Waals surface area (Å²) >= 11 is 0. The molecule has 0 radical (unpaired) electrons. The molecule has 0 aliphatic heterocycles. The number of methoxy groups -OCH3 is 1. The number of nitrogens with one attached hydrogen (secondary N) is 1. The first-order valence-corrected chi connectivity index (χ1v) is 7.04. The number of sulfonamides is 1. The Morgan fingerprint density at radius 1 is 1.35 bits per heavy atom. The topological polar surface area (TPSA) is 130 Å². The molecule has 9 heteroatoms. The van der Waals surface area contributed by atoms with E-state index in [1.54, 1.807) is 0 Å². The van der Waals surface area contributed by atoms with Gasteiger partial charge in [0.15, 0.2) is 0 Å². The quantitative estimate of drug-likeness (QED) is 0.512. The Bertz CT molecular complexity index is 624. The number of hydrogen-bond donors (Lipinski definition) is 3. The molecule has 0 aromatic heterocycles. The van der Waals surface area contributed by atoms with Gasteiger partial charge in [-0.3, -0.25) is 9.52 Å². The molecule has 0 spiro atoms. The molecule has 8 nitrogen and oxygen atoms in total. The number of benzene rings is 1. The number of phenols is 1. The van der Waals surface area contributed by atoms with Gasteiger partial charge in [0.2, 0.25) is 10.0 Å². The van der Waals surface area contributed by atoms with Gasteiger partial charge >= 0.3 is 11.9 Å². The van der Waals surface area contributed by atoms with Crippen LogP contribution in [-0.2, 0) is 19.6 Å². The van der Waals surface area contributed by atoms with Crippen LogP contribution in [0, 0.1) is 0 Å². The van der Waals surface area contributed by atoms with Crippen molar-refractivity contribution in [3.63, 3.8) is 0 Å². The van der Waals surface area contributed by atoms with Gasteiger partial charge in [0.25, 0.3) is 0 Å². The number of carboxylic acids is 1. The highest BCUT2D eigenvalue weighted by atomic mass is 32.2. The summed E-state index contributed by atoms with van der Waals surface area (Å²) in [5.41, 5.74) is -0.591. The van der Waals surface area contributed by atoms with E-state index in [1.807, 2.05) is 4.72 Å². The number of hydrogen-bond acceptors (Lipinski definition) is 6. The summed E-state index contributed by atoms with van der Waals surface area (Å²) in [6, 6.07) is 3.18. The fourth-order valence-electron chi connectivity index (χ4n) is 1.34. The molecule has 20 heavy (non-hydrogen) atoms. The largest absolute Gasteiger partial charge is 0.508 e. The first-order chi connectivity index (χ1) is 9.25. The third kappa shape index (κ3) is 4.43. The van der Waals surface area contributed by atoms with Crippen LogP contribution in [0.4, 0.5) is 5.69 Å². The number of esters is 1. The van der Waals surface area contributed by atoms with E-state index in [-0.39, 0.29) is 17.9 Å². The Hall–Kier alpha value is -2.29. The highest BCUT2D eigenvalue weighted by molar-refractivity contribution is 7.92. The van der Waals surface area contributed by atoms with Gasteiger partial charge in [0.05, 0.1) is 30.5 Å². The molecule has 0 atom stereocenters. The number of aromatic hydroxyl groups is 1. The van der Waals surface area contributed by atoms with Gasteiger partial charge in [-0.05, 0) is 18.2 Å². The zero-order valence-electron chi connectivity index (χ0n) is 10.5. The molecule has 0 heterocycles. The average molecular weight is 303 g/mol. The van der Waals surface area contributed by atoms with Crippen molar-refractivity contribution in [3.8, 4) is 5.75 Å². The van der Waals surface area contributed by atoms with Crippen molar-refractivity contribution >= 4 is 27.6 Å². The molecule has 1 rings (SSSR count). The number of phenolic OH excluding ortho intramolecular Hbond substituents is 1. The fourth-order valence-corrected chi connectivity index (χ4v) is 2.39. The second-order valence-electron chi connectivity index (χ2n) is 3.78. The minimum atomic E-state index is -3.90. The standard InChI is InChI=1S/C11H13NO7S/c1-19-10(14)4-5-20(17,18)12-9-3-2-7(13)6-8(9)11(15)16/h2-3,6,12-13H,4-5H2,1H3,(H,15,16). The van der Waals surface area contributed by atoms with Gasteiger partial charge in [-0.1, -0.05) is 0 Å². The number of anilines is 1. The lowest BCUT2D eigenvalue weighted by molar-refractivity contribution is -0.140. The van der Waals surface area contributed by atoms with Crippen molar-refractivity contribution in [1.29, 1.82) is 0 Å². The van der Waals surface area contributed by atoms with Crippen molar-refractivity contribution in [2.24, 2.45) is 0 Å². The molecular formula is C11H13NO7S. The lowest BCUT2D eigenvalue weighted by atomic mass is 10.2. The third-order valence-corrected chi connectivity index (χ3v) is 3.57. The molecule has 1 aromatic carbocycles. The van der Waals surface area contributed by atoms with Crippen LogP contribution in [0.25, 0.3) is 0 Å². The summed E-state index contributed by atoms with van der Waals surface area (Å²) in [6.07, 6.45) is -0.355. The minimum Gasteiger partial charge on any atom is -0.508 e. The first-order valence-electron chi connectivity index (χ1n) is 5.39. The van der Waals surface area contributed by atoms with Crippen LogP contribution in [-0.4, -0.2) is 43.4 Å². The van der Waals surface area contributed by atoms with E-state index < -0.39 is 33.3 Å². The summed E-state index contributed by atoms with van der Waals surface area (Å²) in [4.78, 5) is 21.8. The monoisotopic (exact) mass is 303 g/mol. The van der Waals surface area contributed by atoms with Crippen molar-refractivity contribution in [3.05, 3.63) is 23.8 Å². The first kappa shape index (κ1) is 15.8. The van der Waals surface area contributed by atoms with Gasteiger partial charge in [0.1, 0.15) is 5.75 Å². The molecule has 0 saturated heterocycles. The van der Waals surface area contributed by atoms with Gasteiger partial charge in [-0.2, -0.15) is 0 Å². The molecular weight excluding hydrogens is 290 g/mol. The van der Waals surface area contributed by atoms with Crippen LogP contribution < -0.4 is 4.72 Å². The normalized spacial score (nSPS) is 10.8. The van der Waals surface area contributed by atoms with Crippen LogP contribution in [0.1, 0.15) is 16.8 Å². The Balaban J connectivity index is 2.92. The zero-order chi connectivity index (χ0) is 15.3. The maximum absolute atomic E-state index is 11.7. The predicted molar refractivity (Wildman–Crippen MR) is 69.1 cm³/mol. The summed E-state index contributed by atoms with van der Waals surface area (Å²) in [7, 11) is -2.77. The Morgan fingerprint density at radius 3 is 2.55 bits per heavy atom. The lowest BCUT2D eigenvalue weighted by Gasteiger charge is -2.10. The fraction of sp³-hybridized carbons (Fsp3) is 0.273. The molecule has 0 aliphatic rings. The average Bonchev–Trinajstić information content (AvgIpc) is 2.37. The third-order valence-electron chi connectivity index (χ3n) is 2.30. The molecule has 0 amide bonds. The molecule has 3 N–H and O–H groups in total. The van der Waals surface area contributed by atoms with E-state index in [4.69, 9.17) is 5.11 Å². The molecule has 0 bridgehead atoms. The summed E-state index contributed by atoms with van der Waals surface area (Å²) in [5, 5.41) is 18.1. The maximum atomic E-state index is 11.7. The summed E-state index contributed by atoms with van der Waals surface area (Å²) < 4.78 is 29.8. The number of carboxylic acid groups (broad SMARTS) is 1. The number of ether oxygens (including phenoxy) is 1. The maximum Gasteiger partial charge on any atom is 0.337 e. The van der Waals surface area contributed by atoms with Crippen LogP contribution in [0.15, 0.2) is 18.2 Å². The van der Waals surface area contributed by atoms with Gasteiger partial charge < -0.3 is 14.9 Å². The molecule has 0 unspecified atom stereocenters. The van der Waals surface area contributed by atoms with Crippen LogP contribution in [0.2, 0.25) is 0 Å².